The van der Waals surface area contributed by atoms with Crippen molar-refractivity contribution in [3.05, 3.63) is 29.8 Å². The number of hydrogen-bond acceptors (Lipinski definition) is 6. The van der Waals surface area contributed by atoms with Crippen LogP contribution in [0.25, 0.3) is 0 Å². The summed E-state index contributed by atoms with van der Waals surface area (Å²) in [7, 11) is 0. The molecule has 0 saturated carbocycles. The van der Waals surface area contributed by atoms with Crippen molar-refractivity contribution in [1.29, 1.82) is 0 Å². The third kappa shape index (κ3) is 2.71. The molecule has 98 valence electrons. The summed E-state index contributed by atoms with van der Waals surface area (Å²) in [4.78, 5) is 12.2. The Hall–Kier alpha value is -1.60. The number of nitrogens with zero attached hydrogens (tertiary/aromatic N) is 2. The zero-order chi connectivity index (χ0) is 13.2. The molecule has 5 nitrogen and oxygen atoms in total. The van der Waals surface area contributed by atoms with E-state index in [2.05, 4.69) is 15.5 Å². The summed E-state index contributed by atoms with van der Waals surface area (Å²) in [6.07, 6.45) is 1.66. The number of anilines is 2. The Morgan fingerprint density at radius 2 is 2.21 bits per heavy atom. The number of nitrogens with one attached hydrogen (secondary N) is 1. The fourth-order valence-electron chi connectivity index (χ4n) is 1.99. The monoisotopic (exact) mass is 292 g/mol. The molecule has 1 aliphatic rings. The summed E-state index contributed by atoms with van der Waals surface area (Å²) < 4.78 is 0.739. The minimum absolute atomic E-state index is 0.0173. The molecule has 1 aromatic carbocycles. The molecule has 1 aromatic heterocycles. The first-order chi connectivity index (χ1) is 9.22. The Labute approximate surface area is 118 Å². The highest BCUT2D eigenvalue weighted by molar-refractivity contribution is 8.02. The average Bonchev–Trinajstić information content (AvgIpc) is 2.74. The van der Waals surface area contributed by atoms with Gasteiger partial charge in [-0.1, -0.05) is 41.3 Å². The van der Waals surface area contributed by atoms with Gasteiger partial charge in [-0.25, -0.2) is 0 Å². The number of carbonyl (C=O) groups excluding carboxylic acids is 1. The van der Waals surface area contributed by atoms with Crippen LogP contribution in [0.1, 0.15) is 12.0 Å². The van der Waals surface area contributed by atoms with Crippen LogP contribution in [0.5, 0.6) is 0 Å². The highest BCUT2D eigenvalue weighted by Crippen LogP contribution is 2.33. The lowest BCUT2D eigenvalue weighted by Crippen LogP contribution is -2.23. The number of hydrogen-bond donors (Lipinski definition) is 2. The number of fused-ring (bicyclic) bond motifs is 1. The molecule has 1 unspecified atom stereocenters. The van der Waals surface area contributed by atoms with Crippen LogP contribution in [0, 0.1) is 0 Å². The van der Waals surface area contributed by atoms with E-state index >= 15 is 0 Å². The molecular formula is C12H12N4OS2. The minimum atomic E-state index is -0.153. The molecular weight excluding hydrogens is 280 g/mol. The van der Waals surface area contributed by atoms with Gasteiger partial charge in [-0.2, -0.15) is 0 Å². The van der Waals surface area contributed by atoms with Crippen LogP contribution in [0.3, 0.4) is 0 Å². The van der Waals surface area contributed by atoms with E-state index in [1.807, 2.05) is 24.3 Å². The molecule has 0 radical (unpaired) electrons. The van der Waals surface area contributed by atoms with Crippen molar-refractivity contribution in [3.63, 3.8) is 0 Å². The molecule has 0 fully saturated rings. The van der Waals surface area contributed by atoms with Gasteiger partial charge >= 0.3 is 0 Å². The number of aromatic nitrogens is 2. The van der Waals surface area contributed by atoms with Gasteiger partial charge in [0.1, 0.15) is 0 Å². The van der Waals surface area contributed by atoms with Crippen LogP contribution < -0.4 is 11.1 Å². The van der Waals surface area contributed by atoms with Crippen molar-refractivity contribution < 1.29 is 4.79 Å². The summed E-state index contributed by atoms with van der Waals surface area (Å²) >= 11 is 2.74. The molecule has 0 aliphatic carbocycles. The first kappa shape index (κ1) is 12.4. The first-order valence-electron chi connectivity index (χ1n) is 5.87. The van der Waals surface area contributed by atoms with E-state index in [1.165, 1.54) is 28.7 Å². The highest BCUT2D eigenvalue weighted by Gasteiger charge is 2.25. The fourth-order valence-corrected chi connectivity index (χ4v) is 3.87. The zero-order valence-electron chi connectivity index (χ0n) is 10.00. The second-order valence-corrected chi connectivity index (χ2v) is 6.66. The number of nitrogens with two attached hydrogens (primary N) is 1. The SMILES string of the molecule is Nc1nnc(SC2CCc3ccccc3NC2=O)s1. The quantitative estimate of drug-likeness (QED) is 0.886. The van der Waals surface area contributed by atoms with Gasteiger partial charge in [0.25, 0.3) is 0 Å². The number of rotatable bonds is 2. The molecule has 3 N–H and O–H groups in total. The van der Waals surface area contributed by atoms with Crippen molar-refractivity contribution in [2.75, 3.05) is 11.1 Å². The lowest BCUT2D eigenvalue weighted by Gasteiger charge is -2.10. The van der Waals surface area contributed by atoms with E-state index < -0.39 is 0 Å². The van der Waals surface area contributed by atoms with E-state index in [0.29, 0.717) is 5.13 Å². The molecule has 3 rings (SSSR count). The number of amides is 1. The van der Waals surface area contributed by atoms with Crippen molar-refractivity contribution >= 4 is 39.8 Å². The summed E-state index contributed by atoms with van der Waals surface area (Å²) in [5, 5.41) is 11.0. The Balaban J connectivity index is 1.77. The lowest BCUT2D eigenvalue weighted by atomic mass is 10.1. The van der Waals surface area contributed by atoms with E-state index in [1.54, 1.807) is 0 Å². The third-order valence-corrected chi connectivity index (χ3v) is 5.01. The number of para-hydroxylation sites is 1. The number of aryl methyl sites for hydroxylation is 1. The average molecular weight is 292 g/mol. The van der Waals surface area contributed by atoms with Gasteiger partial charge in [0.15, 0.2) is 4.34 Å². The molecule has 2 heterocycles. The van der Waals surface area contributed by atoms with Gasteiger partial charge in [0.2, 0.25) is 11.0 Å². The lowest BCUT2D eigenvalue weighted by molar-refractivity contribution is -0.115. The van der Waals surface area contributed by atoms with E-state index in [9.17, 15) is 4.79 Å². The van der Waals surface area contributed by atoms with Crippen LogP contribution in [0.4, 0.5) is 10.8 Å². The van der Waals surface area contributed by atoms with Crippen LogP contribution in [-0.4, -0.2) is 21.4 Å². The standard InChI is InChI=1S/C12H12N4OS2/c13-11-15-16-12(19-11)18-9-6-5-7-3-1-2-4-8(7)14-10(9)17/h1-4,9H,5-6H2,(H2,13,15)(H,14,17). The van der Waals surface area contributed by atoms with Crippen LogP contribution in [-0.2, 0) is 11.2 Å². The van der Waals surface area contributed by atoms with E-state index in [-0.39, 0.29) is 11.2 Å². The Morgan fingerprint density at radius 3 is 3.00 bits per heavy atom. The van der Waals surface area contributed by atoms with Gasteiger partial charge in [0.05, 0.1) is 5.25 Å². The van der Waals surface area contributed by atoms with Crippen molar-refractivity contribution in [3.8, 4) is 0 Å². The predicted octanol–water partition coefficient (Wildman–Crippen LogP) is 2.17. The maximum atomic E-state index is 12.2. The summed E-state index contributed by atoms with van der Waals surface area (Å²) in [6.45, 7) is 0. The second kappa shape index (κ2) is 5.18. The fraction of sp³-hybridized carbons (Fsp3) is 0.250. The molecule has 1 atom stereocenters. The maximum absolute atomic E-state index is 12.2. The topological polar surface area (TPSA) is 80.9 Å². The molecule has 0 bridgehead atoms. The molecule has 1 amide bonds. The van der Waals surface area contributed by atoms with Gasteiger partial charge in [-0.15, -0.1) is 10.2 Å². The number of nitrogen functional groups attached to an aromatic ring is 1. The largest absolute Gasteiger partial charge is 0.374 e. The van der Waals surface area contributed by atoms with E-state index in [0.717, 1.165) is 22.9 Å². The number of carbonyl (C=O) groups is 1. The van der Waals surface area contributed by atoms with Gasteiger partial charge in [-0.05, 0) is 24.5 Å². The van der Waals surface area contributed by atoms with Crippen molar-refractivity contribution in [2.24, 2.45) is 0 Å². The molecule has 0 spiro atoms. The van der Waals surface area contributed by atoms with Gasteiger partial charge in [0, 0.05) is 5.69 Å². The molecule has 2 aromatic rings. The summed E-state index contributed by atoms with van der Waals surface area (Å²) in [5.41, 5.74) is 7.64. The normalized spacial score (nSPS) is 18.5. The second-order valence-electron chi connectivity index (χ2n) is 4.20. The highest BCUT2D eigenvalue weighted by atomic mass is 32.2. The molecule has 7 heteroatoms. The predicted molar refractivity (Wildman–Crippen MR) is 77.4 cm³/mol. The molecule has 1 aliphatic heterocycles. The molecule has 0 saturated heterocycles. The zero-order valence-corrected chi connectivity index (χ0v) is 11.6. The minimum Gasteiger partial charge on any atom is -0.374 e. The summed E-state index contributed by atoms with van der Waals surface area (Å²) in [5.74, 6) is 0.0173. The Bertz CT molecular complexity index is 613. The third-order valence-electron chi connectivity index (χ3n) is 2.91. The van der Waals surface area contributed by atoms with Crippen molar-refractivity contribution in [2.45, 2.75) is 22.4 Å². The first-order valence-corrected chi connectivity index (χ1v) is 7.56. The Kier molecular flexibility index (Phi) is 3.39. The number of benzene rings is 1. The van der Waals surface area contributed by atoms with Crippen LogP contribution >= 0.6 is 23.1 Å². The van der Waals surface area contributed by atoms with Gasteiger partial charge in [-0.3, -0.25) is 4.79 Å². The number of thioether (sulfide) groups is 1. The van der Waals surface area contributed by atoms with Gasteiger partial charge < -0.3 is 11.1 Å². The maximum Gasteiger partial charge on any atom is 0.237 e. The Morgan fingerprint density at radius 1 is 1.37 bits per heavy atom. The smallest absolute Gasteiger partial charge is 0.237 e. The van der Waals surface area contributed by atoms with Crippen LogP contribution in [0.2, 0.25) is 0 Å². The van der Waals surface area contributed by atoms with Crippen molar-refractivity contribution in [1.82, 2.24) is 10.2 Å². The van der Waals surface area contributed by atoms with Crippen LogP contribution in [0.15, 0.2) is 28.6 Å². The van der Waals surface area contributed by atoms with E-state index in [4.69, 9.17) is 5.73 Å². The summed E-state index contributed by atoms with van der Waals surface area (Å²) in [6, 6.07) is 7.90. The molecule has 19 heavy (non-hydrogen) atoms.